The fourth-order valence-corrected chi connectivity index (χ4v) is 1.27. The molecule has 1 rings (SSSR count). The minimum absolute atomic E-state index is 0. The summed E-state index contributed by atoms with van der Waals surface area (Å²) in [5, 5.41) is 12.2. The zero-order valence-electron chi connectivity index (χ0n) is 8.73. The zero-order valence-corrected chi connectivity index (χ0v) is 9.55. The van der Waals surface area contributed by atoms with Crippen LogP contribution in [0, 0.1) is 0 Å². The highest BCUT2D eigenvalue weighted by molar-refractivity contribution is 5.85. The Balaban J connectivity index is 0.00000169. The molecule has 2 N–H and O–H groups in total. The summed E-state index contributed by atoms with van der Waals surface area (Å²) in [4.78, 5) is 0. The topological polar surface area (TPSA) is 37.2 Å². The van der Waals surface area contributed by atoms with Gasteiger partial charge in [-0.3, -0.25) is 0 Å². The van der Waals surface area contributed by atoms with Gasteiger partial charge in [0.25, 0.3) is 0 Å². The van der Waals surface area contributed by atoms with Crippen LogP contribution in [0.4, 0.5) is 0 Å². The summed E-state index contributed by atoms with van der Waals surface area (Å²) in [6.07, 6.45) is 2.98. The van der Waals surface area contributed by atoms with E-state index in [9.17, 15) is 0 Å². The molecule has 0 fully saturated rings. The molecule has 0 saturated carbocycles. The van der Waals surface area contributed by atoms with Gasteiger partial charge in [0, 0.05) is 31.5 Å². The Bertz CT molecular complexity index is 246. The number of nitrogens with zero attached hydrogens (tertiary/aromatic N) is 1. The van der Waals surface area contributed by atoms with Gasteiger partial charge in [-0.1, -0.05) is 6.92 Å². The second-order valence-electron chi connectivity index (χ2n) is 3.28. The molecule has 0 amide bonds. The number of aliphatic hydroxyl groups excluding tert-OH is 1. The van der Waals surface area contributed by atoms with Crippen molar-refractivity contribution in [3.05, 3.63) is 24.0 Å². The van der Waals surface area contributed by atoms with E-state index in [-0.39, 0.29) is 25.1 Å². The monoisotopic (exact) mass is 218 g/mol. The molecule has 0 aliphatic heterocycles. The Morgan fingerprint density at radius 3 is 2.71 bits per heavy atom. The third-order valence-corrected chi connectivity index (χ3v) is 2.34. The van der Waals surface area contributed by atoms with Crippen molar-refractivity contribution in [1.82, 2.24) is 9.88 Å². The average Bonchev–Trinajstić information content (AvgIpc) is 2.54. The Hall–Kier alpha value is -0.510. The number of aromatic nitrogens is 1. The van der Waals surface area contributed by atoms with Crippen molar-refractivity contribution in [1.29, 1.82) is 0 Å². The van der Waals surface area contributed by atoms with Crippen LogP contribution in [-0.4, -0.2) is 22.3 Å². The first-order valence-electron chi connectivity index (χ1n) is 4.72. The van der Waals surface area contributed by atoms with Crippen LogP contribution in [0.1, 0.15) is 19.0 Å². The molecule has 1 atom stereocenters. The summed E-state index contributed by atoms with van der Waals surface area (Å²) in [6, 6.07) is 4.32. The van der Waals surface area contributed by atoms with E-state index in [1.807, 2.05) is 19.3 Å². The van der Waals surface area contributed by atoms with Gasteiger partial charge in [0.05, 0.1) is 6.61 Å². The summed E-state index contributed by atoms with van der Waals surface area (Å²) >= 11 is 0. The van der Waals surface area contributed by atoms with Gasteiger partial charge >= 0.3 is 0 Å². The summed E-state index contributed by atoms with van der Waals surface area (Å²) in [5.41, 5.74) is 1.24. The first-order valence-corrected chi connectivity index (χ1v) is 4.72. The number of halogens is 1. The van der Waals surface area contributed by atoms with Crippen LogP contribution in [0.15, 0.2) is 18.3 Å². The van der Waals surface area contributed by atoms with Crippen LogP contribution >= 0.6 is 12.4 Å². The van der Waals surface area contributed by atoms with Crippen molar-refractivity contribution in [2.45, 2.75) is 25.9 Å². The Labute approximate surface area is 91.5 Å². The van der Waals surface area contributed by atoms with Gasteiger partial charge in [-0.15, -0.1) is 12.4 Å². The largest absolute Gasteiger partial charge is 0.395 e. The molecule has 4 heteroatoms. The second kappa shape index (κ2) is 6.87. The molecule has 82 valence electrons. The molecule has 0 spiro atoms. The summed E-state index contributed by atoms with van der Waals surface area (Å²) in [6.45, 7) is 3.10. The summed E-state index contributed by atoms with van der Waals surface area (Å²) in [5.74, 6) is 0. The van der Waals surface area contributed by atoms with Crippen molar-refractivity contribution in [3.63, 3.8) is 0 Å². The lowest BCUT2D eigenvalue weighted by Crippen LogP contribution is -2.31. The normalized spacial score (nSPS) is 12.2. The maximum absolute atomic E-state index is 8.95. The molecule has 0 saturated heterocycles. The highest BCUT2D eigenvalue weighted by atomic mass is 35.5. The molecule has 0 aromatic carbocycles. The van der Waals surface area contributed by atoms with E-state index in [0.29, 0.717) is 0 Å². The van der Waals surface area contributed by atoms with E-state index in [1.54, 1.807) is 0 Å². The van der Waals surface area contributed by atoms with Crippen molar-refractivity contribution in [3.8, 4) is 0 Å². The number of hydrogen-bond acceptors (Lipinski definition) is 2. The van der Waals surface area contributed by atoms with Gasteiger partial charge in [0.2, 0.25) is 0 Å². The van der Waals surface area contributed by atoms with Crippen LogP contribution in [-0.2, 0) is 13.6 Å². The van der Waals surface area contributed by atoms with E-state index < -0.39 is 0 Å². The molecule has 1 aromatic heterocycles. The minimum atomic E-state index is 0. The first kappa shape index (κ1) is 13.5. The summed E-state index contributed by atoms with van der Waals surface area (Å²) < 4.78 is 2.08. The van der Waals surface area contributed by atoms with Crippen molar-refractivity contribution in [2.24, 2.45) is 7.05 Å². The number of aliphatic hydroxyl groups is 1. The van der Waals surface area contributed by atoms with Gasteiger partial charge in [-0.25, -0.2) is 0 Å². The predicted molar refractivity (Wildman–Crippen MR) is 60.7 cm³/mol. The lowest BCUT2D eigenvalue weighted by molar-refractivity contribution is 0.237. The molecule has 0 bridgehead atoms. The number of nitrogens with one attached hydrogen (secondary N) is 1. The van der Waals surface area contributed by atoms with Crippen LogP contribution in [0.3, 0.4) is 0 Å². The number of aryl methyl sites for hydroxylation is 1. The standard InChI is InChI=1S/C10H18N2O.ClH/c1-3-9(8-13)11-7-10-5-4-6-12(10)2;/h4-6,9,11,13H,3,7-8H2,1-2H3;1H. The van der Waals surface area contributed by atoms with Crippen LogP contribution in [0.5, 0.6) is 0 Å². The number of hydrogen-bond donors (Lipinski definition) is 2. The highest BCUT2D eigenvalue weighted by Gasteiger charge is 2.03. The minimum Gasteiger partial charge on any atom is -0.395 e. The van der Waals surface area contributed by atoms with Crippen molar-refractivity contribution >= 4 is 12.4 Å². The van der Waals surface area contributed by atoms with Crippen molar-refractivity contribution in [2.75, 3.05) is 6.61 Å². The van der Waals surface area contributed by atoms with E-state index in [4.69, 9.17) is 5.11 Å². The fourth-order valence-electron chi connectivity index (χ4n) is 1.27. The molecular formula is C10H19ClN2O. The van der Waals surface area contributed by atoms with Gasteiger partial charge < -0.3 is 15.0 Å². The first-order chi connectivity index (χ1) is 6.27. The average molecular weight is 219 g/mol. The van der Waals surface area contributed by atoms with E-state index in [1.165, 1.54) is 5.69 Å². The quantitative estimate of drug-likeness (QED) is 0.782. The van der Waals surface area contributed by atoms with Gasteiger partial charge in [-0.2, -0.15) is 0 Å². The molecule has 0 aliphatic rings. The van der Waals surface area contributed by atoms with Crippen LogP contribution in [0.2, 0.25) is 0 Å². The maximum atomic E-state index is 8.95. The molecular weight excluding hydrogens is 200 g/mol. The van der Waals surface area contributed by atoms with Gasteiger partial charge in [-0.05, 0) is 18.6 Å². The van der Waals surface area contributed by atoms with Crippen LogP contribution in [0.25, 0.3) is 0 Å². The molecule has 0 radical (unpaired) electrons. The molecule has 3 nitrogen and oxygen atoms in total. The van der Waals surface area contributed by atoms with Gasteiger partial charge in [0.15, 0.2) is 0 Å². The second-order valence-corrected chi connectivity index (χ2v) is 3.28. The predicted octanol–water partition coefficient (Wildman–Crippen LogP) is 1.31. The van der Waals surface area contributed by atoms with E-state index in [0.717, 1.165) is 13.0 Å². The molecule has 1 heterocycles. The zero-order chi connectivity index (χ0) is 9.68. The van der Waals surface area contributed by atoms with Crippen molar-refractivity contribution < 1.29 is 5.11 Å². The molecule has 0 aliphatic carbocycles. The Morgan fingerprint density at radius 1 is 1.57 bits per heavy atom. The Kier molecular flexibility index (Phi) is 6.62. The lowest BCUT2D eigenvalue weighted by Gasteiger charge is -2.13. The summed E-state index contributed by atoms with van der Waals surface area (Å²) in [7, 11) is 2.02. The number of rotatable bonds is 5. The van der Waals surface area contributed by atoms with Crippen LogP contribution < -0.4 is 5.32 Å². The molecule has 14 heavy (non-hydrogen) atoms. The fraction of sp³-hybridized carbons (Fsp3) is 0.600. The third-order valence-electron chi connectivity index (χ3n) is 2.34. The smallest absolute Gasteiger partial charge is 0.0584 e. The SMILES string of the molecule is CCC(CO)NCc1cccn1C.Cl. The highest BCUT2D eigenvalue weighted by Crippen LogP contribution is 2.00. The molecule has 1 unspecified atom stereocenters. The lowest BCUT2D eigenvalue weighted by atomic mass is 10.2. The van der Waals surface area contributed by atoms with E-state index >= 15 is 0 Å². The maximum Gasteiger partial charge on any atom is 0.0584 e. The molecule has 1 aromatic rings. The van der Waals surface area contributed by atoms with Gasteiger partial charge in [0.1, 0.15) is 0 Å². The Morgan fingerprint density at radius 2 is 2.29 bits per heavy atom. The third kappa shape index (κ3) is 3.70. The van der Waals surface area contributed by atoms with E-state index in [2.05, 4.69) is 22.9 Å².